The number of nitrogens with two attached hydrogens (primary N) is 1. The molecule has 5 rings (SSSR count). The van der Waals surface area contributed by atoms with Crippen molar-refractivity contribution in [3.63, 3.8) is 0 Å². The highest BCUT2D eigenvalue weighted by molar-refractivity contribution is 5.83. The Hall–Kier alpha value is -3.46. The third kappa shape index (κ3) is 2.95. The fourth-order valence-corrected chi connectivity index (χ4v) is 3.48. The maximum Gasteiger partial charge on any atom is 0.199 e. The van der Waals surface area contributed by atoms with Crippen molar-refractivity contribution in [1.82, 2.24) is 30.2 Å². The molecule has 1 aliphatic heterocycles. The zero-order valence-corrected chi connectivity index (χ0v) is 15.1. The Morgan fingerprint density at radius 3 is 2.68 bits per heavy atom. The van der Waals surface area contributed by atoms with Crippen LogP contribution in [0, 0.1) is 0 Å². The zero-order chi connectivity index (χ0) is 18.9. The SMILES string of the molecule is Nc1nonc1-c1nc2cnccc2n1-c1ccc(OC2CCNCC2)cc1. The highest BCUT2D eigenvalue weighted by Crippen LogP contribution is 2.30. The second-order valence-electron chi connectivity index (χ2n) is 6.69. The predicted molar refractivity (Wildman–Crippen MR) is 103 cm³/mol. The van der Waals surface area contributed by atoms with E-state index >= 15 is 0 Å². The van der Waals surface area contributed by atoms with Crippen LogP contribution in [0.15, 0.2) is 47.4 Å². The van der Waals surface area contributed by atoms with Crippen molar-refractivity contribution in [3.8, 4) is 23.0 Å². The normalized spacial score (nSPS) is 15.1. The molecule has 3 aromatic heterocycles. The fourth-order valence-electron chi connectivity index (χ4n) is 3.48. The van der Waals surface area contributed by atoms with E-state index in [1.807, 2.05) is 34.9 Å². The van der Waals surface area contributed by atoms with Gasteiger partial charge >= 0.3 is 0 Å². The number of aromatic nitrogens is 5. The quantitative estimate of drug-likeness (QED) is 0.556. The summed E-state index contributed by atoms with van der Waals surface area (Å²) >= 11 is 0. The number of anilines is 1. The Kier molecular flexibility index (Phi) is 4.13. The van der Waals surface area contributed by atoms with Gasteiger partial charge in [-0.15, -0.1) is 0 Å². The topological polar surface area (TPSA) is 117 Å². The maximum absolute atomic E-state index is 6.10. The van der Waals surface area contributed by atoms with E-state index in [1.165, 1.54) is 0 Å². The Balaban J connectivity index is 1.54. The lowest BCUT2D eigenvalue weighted by molar-refractivity contribution is 0.162. The molecule has 0 saturated carbocycles. The van der Waals surface area contributed by atoms with E-state index in [0.29, 0.717) is 11.5 Å². The van der Waals surface area contributed by atoms with E-state index < -0.39 is 0 Å². The highest BCUT2D eigenvalue weighted by atomic mass is 16.6. The number of pyridine rings is 1. The van der Waals surface area contributed by atoms with Gasteiger partial charge in [-0.1, -0.05) is 0 Å². The molecule has 1 saturated heterocycles. The van der Waals surface area contributed by atoms with Gasteiger partial charge in [-0.05, 0) is 66.6 Å². The summed E-state index contributed by atoms with van der Waals surface area (Å²) in [6.45, 7) is 1.99. The van der Waals surface area contributed by atoms with E-state index in [9.17, 15) is 0 Å². The number of rotatable bonds is 4. The Morgan fingerprint density at radius 2 is 1.93 bits per heavy atom. The van der Waals surface area contributed by atoms with Gasteiger partial charge in [0.1, 0.15) is 17.4 Å². The van der Waals surface area contributed by atoms with E-state index in [0.717, 1.165) is 48.4 Å². The van der Waals surface area contributed by atoms with Crippen molar-refractivity contribution in [3.05, 3.63) is 42.7 Å². The lowest BCUT2D eigenvalue weighted by atomic mass is 10.1. The van der Waals surface area contributed by atoms with Gasteiger partial charge in [0.15, 0.2) is 17.3 Å². The molecule has 3 N–H and O–H groups in total. The van der Waals surface area contributed by atoms with Crippen molar-refractivity contribution in [2.45, 2.75) is 18.9 Å². The van der Waals surface area contributed by atoms with Crippen molar-refractivity contribution in [2.24, 2.45) is 0 Å². The van der Waals surface area contributed by atoms with E-state index in [4.69, 9.17) is 15.1 Å². The van der Waals surface area contributed by atoms with Crippen molar-refractivity contribution >= 4 is 16.9 Å². The minimum Gasteiger partial charge on any atom is -0.490 e. The second-order valence-corrected chi connectivity index (χ2v) is 6.69. The average molecular weight is 377 g/mol. The number of fused-ring (bicyclic) bond motifs is 1. The zero-order valence-electron chi connectivity index (χ0n) is 15.1. The van der Waals surface area contributed by atoms with Gasteiger partial charge in [0.25, 0.3) is 0 Å². The summed E-state index contributed by atoms with van der Waals surface area (Å²) in [5.41, 5.74) is 8.83. The van der Waals surface area contributed by atoms with Crippen LogP contribution in [0.3, 0.4) is 0 Å². The number of hydrogen-bond donors (Lipinski definition) is 2. The van der Waals surface area contributed by atoms with Gasteiger partial charge in [-0.2, -0.15) is 0 Å². The standard InChI is InChI=1S/C19H19N7O2/c20-18-17(24-28-25-18)19-23-15-11-22-10-7-16(15)26(19)12-1-3-13(4-2-12)27-14-5-8-21-9-6-14/h1-4,7,10-11,14,21H,5-6,8-9H2,(H2,20,25). The summed E-state index contributed by atoms with van der Waals surface area (Å²) in [7, 11) is 0. The number of nitrogens with one attached hydrogen (secondary N) is 1. The number of piperidine rings is 1. The summed E-state index contributed by atoms with van der Waals surface area (Å²) in [4.78, 5) is 8.78. The lowest BCUT2D eigenvalue weighted by Gasteiger charge is -2.24. The molecule has 4 aromatic rings. The third-order valence-electron chi connectivity index (χ3n) is 4.87. The lowest BCUT2D eigenvalue weighted by Crippen LogP contribution is -2.34. The summed E-state index contributed by atoms with van der Waals surface area (Å²) in [5, 5.41) is 10.9. The van der Waals surface area contributed by atoms with Gasteiger partial charge in [-0.3, -0.25) is 9.55 Å². The maximum atomic E-state index is 6.10. The first-order valence-electron chi connectivity index (χ1n) is 9.18. The van der Waals surface area contributed by atoms with E-state index in [1.54, 1.807) is 12.4 Å². The Bertz CT molecular complexity index is 1100. The molecule has 0 aliphatic carbocycles. The van der Waals surface area contributed by atoms with E-state index in [2.05, 4.69) is 25.6 Å². The van der Waals surface area contributed by atoms with Gasteiger partial charge in [0, 0.05) is 11.9 Å². The molecule has 0 atom stereocenters. The molecular formula is C19H19N7O2. The molecule has 0 radical (unpaired) electrons. The number of hydrogen-bond acceptors (Lipinski definition) is 8. The Labute approximate surface area is 160 Å². The van der Waals surface area contributed by atoms with Gasteiger partial charge in [-0.25, -0.2) is 9.61 Å². The van der Waals surface area contributed by atoms with Crippen LogP contribution in [0.2, 0.25) is 0 Å². The monoisotopic (exact) mass is 377 g/mol. The van der Waals surface area contributed by atoms with Gasteiger partial charge < -0.3 is 15.8 Å². The van der Waals surface area contributed by atoms with Crippen LogP contribution in [-0.2, 0) is 0 Å². The first kappa shape index (κ1) is 16.7. The van der Waals surface area contributed by atoms with Gasteiger partial charge in [0.2, 0.25) is 0 Å². The minimum absolute atomic E-state index is 0.190. The van der Waals surface area contributed by atoms with Crippen LogP contribution in [0.25, 0.3) is 28.2 Å². The smallest absolute Gasteiger partial charge is 0.199 e. The molecule has 0 unspecified atom stereocenters. The minimum atomic E-state index is 0.190. The second kappa shape index (κ2) is 6.93. The molecule has 0 amide bonds. The molecule has 9 nitrogen and oxygen atoms in total. The summed E-state index contributed by atoms with van der Waals surface area (Å²) in [5.74, 6) is 1.59. The number of ether oxygens (including phenoxy) is 1. The Morgan fingerprint density at radius 1 is 1.11 bits per heavy atom. The molecule has 0 spiro atoms. The molecule has 1 aromatic carbocycles. The van der Waals surface area contributed by atoms with Crippen molar-refractivity contribution in [2.75, 3.05) is 18.8 Å². The van der Waals surface area contributed by atoms with Crippen LogP contribution in [0.4, 0.5) is 5.82 Å². The molecule has 9 heteroatoms. The number of nitrogen functional groups attached to an aromatic ring is 1. The molecule has 1 aliphatic rings. The van der Waals surface area contributed by atoms with Gasteiger partial charge in [0.05, 0.1) is 11.7 Å². The number of imidazole rings is 1. The van der Waals surface area contributed by atoms with Crippen molar-refractivity contribution in [1.29, 1.82) is 0 Å². The first-order chi connectivity index (χ1) is 13.8. The van der Waals surface area contributed by atoms with Crippen LogP contribution >= 0.6 is 0 Å². The van der Waals surface area contributed by atoms with Crippen molar-refractivity contribution < 1.29 is 9.37 Å². The summed E-state index contributed by atoms with van der Waals surface area (Å²) in [6, 6.07) is 9.82. The first-order valence-corrected chi connectivity index (χ1v) is 9.18. The van der Waals surface area contributed by atoms with Crippen LogP contribution in [0.1, 0.15) is 12.8 Å². The largest absolute Gasteiger partial charge is 0.490 e. The number of nitrogens with zero attached hydrogens (tertiary/aromatic N) is 5. The molecular weight excluding hydrogens is 358 g/mol. The summed E-state index contributed by atoms with van der Waals surface area (Å²) < 4.78 is 12.8. The molecule has 142 valence electrons. The summed E-state index contributed by atoms with van der Waals surface area (Å²) in [6.07, 6.45) is 5.72. The number of benzene rings is 1. The highest BCUT2D eigenvalue weighted by Gasteiger charge is 2.20. The molecule has 1 fully saturated rings. The third-order valence-corrected chi connectivity index (χ3v) is 4.87. The van der Waals surface area contributed by atoms with Crippen LogP contribution in [0.5, 0.6) is 5.75 Å². The van der Waals surface area contributed by atoms with E-state index in [-0.39, 0.29) is 11.9 Å². The van der Waals surface area contributed by atoms with Crippen LogP contribution < -0.4 is 15.8 Å². The average Bonchev–Trinajstić information content (AvgIpc) is 3.32. The predicted octanol–water partition coefficient (Wildman–Crippen LogP) is 2.18. The molecule has 0 bridgehead atoms. The molecule has 4 heterocycles. The van der Waals surface area contributed by atoms with Crippen LogP contribution in [-0.4, -0.2) is 44.0 Å². The molecule has 28 heavy (non-hydrogen) atoms. The fraction of sp³-hybridized carbons (Fsp3) is 0.263.